The summed E-state index contributed by atoms with van der Waals surface area (Å²) in [7, 11) is 2.79. The molecule has 0 unspecified atom stereocenters. The predicted octanol–water partition coefficient (Wildman–Crippen LogP) is 0.210. The number of methoxy groups -OCH3 is 2. The van der Waals surface area contributed by atoms with Crippen LogP contribution in [0.15, 0.2) is 9.98 Å². The van der Waals surface area contributed by atoms with Gasteiger partial charge in [-0.1, -0.05) is 0 Å². The van der Waals surface area contributed by atoms with Gasteiger partial charge < -0.3 is 9.47 Å². The first-order valence-corrected chi connectivity index (χ1v) is 2.57. The third-order valence-electron chi connectivity index (χ3n) is 0.964. The molecular formula is C5H6N2O3. The Hall–Kier alpha value is -1.39. The van der Waals surface area contributed by atoms with E-state index in [0.29, 0.717) is 0 Å². The number of hydrogen-bond acceptors (Lipinski definition) is 3. The summed E-state index contributed by atoms with van der Waals surface area (Å²) in [5.41, 5.74) is 0. The van der Waals surface area contributed by atoms with Crippen LogP contribution in [-0.4, -0.2) is 32.0 Å². The zero-order valence-corrected chi connectivity index (χ0v) is 5.62. The van der Waals surface area contributed by atoms with E-state index >= 15 is 0 Å². The Kier molecular flexibility index (Phi) is 1.66. The van der Waals surface area contributed by atoms with Crippen molar-refractivity contribution in [2.75, 3.05) is 14.2 Å². The van der Waals surface area contributed by atoms with Crippen LogP contribution < -0.4 is 0 Å². The van der Waals surface area contributed by atoms with E-state index in [1.165, 1.54) is 14.2 Å². The fourth-order valence-corrected chi connectivity index (χ4v) is 0.560. The Morgan fingerprint density at radius 1 is 1.10 bits per heavy atom. The maximum Gasteiger partial charge on any atom is 0.373 e. The summed E-state index contributed by atoms with van der Waals surface area (Å²) >= 11 is 0. The Morgan fingerprint density at radius 2 is 1.50 bits per heavy atom. The zero-order valence-electron chi connectivity index (χ0n) is 5.62. The third-order valence-corrected chi connectivity index (χ3v) is 0.964. The quantitative estimate of drug-likeness (QED) is 0.485. The van der Waals surface area contributed by atoms with Crippen molar-refractivity contribution in [2.45, 2.75) is 0 Å². The van der Waals surface area contributed by atoms with Crippen molar-refractivity contribution < 1.29 is 14.3 Å². The highest BCUT2D eigenvalue weighted by Gasteiger charge is 2.20. The fraction of sp³-hybridized carbons (Fsp3) is 0.400. The lowest BCUT2D eigenvalue weighted by Crippen LogP contribution is -2.14. The van der Waals surface area contributed by atoms with Gasteiger partial charge in [-0.15, -0.1) is 0 Å². The largest absolute Gasteiger partial charge is 0.477 e. The molecule has 2 amide bonds. The van der Waals surface area contributed by atoms with Crippen molar-refractivity contribution in [3.05, 3.63) is 0 Å². The normalized spacial score (nSPS) is 16.4. The van der Waals surface area contributed by atoms with Crippen molar-refractivity contribution in [3.8, 4) is 0 Å². The van der Waals surface area contributed by atoms with Gasteiger partial charge in [-0.05, 0) is 0 Å². The van der Waals surface area contributed by atoms with Crippen LogP contribution in [0.5, 0.6) is 0 Å². The minimum Gasteiger partial charge on any atom is -0.477 e. The molecular weight excluding hydrogens is 136 g/mol. The van der Waals surface area contributed by atoms with Gasteiger partial charge in [0.2, 0.25) is 0 Å². The highest BCUT2D eigenvalue weighted by atomic mass is 16.5. The Bertz CT molecular complexity index is 197. The summed E-state index contributed by atoms with van der Waals surface area (Å²) < 4.78 is 9.32. The van der Waals surface area contributed by atoms with E-state index in [1.807, 2.05) is 0 Å². The van der Waals surface area contributed by atoms with Gasteiger partial charge in [-0.2, -0.15) is 9.98 Å². The lowest BCUT2D eigenvalue weighted by Gasteiger charge is -1.98. The predicted molar refractivity (Wildman–Crippen MR) is 34.3 cm³/mol. The molecule has 0 radical (unpaired) electrons. The molecule has 0 N–H and O–H groups in total. The molecule has 1 aliphatic rings. The van der Waals surface area contributed by atoms with Crippen molar-refractivity contribution in [2.24, 2.45) is 9.98 Å². The average molecular weight is 142 g/mol. The molecule has 0 aromatic carbocycles. The van der Waals surface area contributed by atoms with Gasteiger partial charge in [-0.3, -0.25) is 0 Å². The van der Waals surface area contributed by atoms with E-state index < -0.39 is 6.03 Å². The number of nitrogens with zero attached hydrogens (tertiary/aromatic N) is 2. The number of rotatable bonds is 0. The van der Waals surface area contributed by atoms with Gasteiger partial charge in [0.15, 0.2) is 0 Å². The molecule has 5 heteroatoms. The summed E-state index contributed by atoms with van der Waals surface area (Å²) in [5.74, 6) is 0.264. The van der Waals surface area contributed by atoms with E-state index in [4.69, 9.17) is 0 Å². The van der Waals surface area contributed by atoms with E-state index in [1.54, 1.807) is 0 Å². The van der Waals surface area contributed by atoms with Gasteiger partial charge in [0.25, 0.3) is 11.8 Å². The second-order valence-corrected chi connectivity index (χ2v) is 1.52. The number of hydrogen-bond donors (Lipinski definition) is 0. The third kappa shape index (κ3) is 0.975. The topological polar surface area (TPSA) is 60.2 Å². The standard InChI is InChI=1S/C5H6N2O3/c1-9-3-4(10-2)7-5(8)6-3/h1-2H3. The van der Waals surface area contributed by atoms with Gasteiger partial charge >= 0.3 is 6.03 Å². The second kappa shape index (κ2) is 2.47. The van der Waals surface area contributed by atoms with Crippen LogP contribution in [0, 0.1) is 0 Å². The summed E-state index contributed by atoms with van der Waals surface area (Å²) in [4.78, 5) is 17.2. The number of carbonyl (C=O) groups is 1. The van der Waals surface area contributed by atoms with Crippen LogP contribution in [0.25, 0.3) is 0 Å². The fourth-order valence-electron chi connectivity index (χ4n) is 0.560. The number of amides is 2. The molecule has 0 atom stereocenters. The molecule has 1 aliphatic heterocycles. The molecule has 0 aliphatic carbocycles. The summed E-state index contributed by atoms with van der Waals surface area (Å²) in [6.45, 7) is 0. The Balaban J connectivity index is 2.83. The molecule has 0 aromatic rings. The zero-order chi connectivity index (χ0) is 7.56. The molecule has 1 heterocycles. The molecule has 0 saturated heterocycles. The van der Waals surface area contributed by atoms with E-state index in [0.717, 1.165) is 0 Å². The molecule has 0 spiro atoms. The molecule has 10 heavy (non-hydrogen) atoms. The number of urea groups is 1. The summed E-state index contributed by atoms with van der Waals surface area (Å²) in [6, 6.07) is -0.589. The SMILES string of the molecule is COC1=NC(=O)N=C1OC. The number of carbonyl (C=O) groups excluding carboxylic acids is 1. The van der Waals surface area contributed by atoms with E-state index in [-0.39, 0.29) is 11.8 Å². The monoisotopic (exact) mass is 142 g/mol. The van der Waals surface area contributed by atoms with Gasteiger partial charge in [-0.25, -0.2) is 4.79 Å². The Morgan fingerprint density at radius 3 is 1.80 bits per heavy atom. The molecule has 0 saturated carbocycles. The Labute approximate surface area is 57.4 Å². The maximum atomic E-state index is 10.4. The number of ether oxygens (including phenoxy) is 2. The molecule has 0 aromatic heterocycles. The van der Waals surface area contributed by atoms with E-state index in [2.05, 4.69) is 19.5 Å². The van der Waals surface area contributed by atoms with Gasteiger partial charge in [0.05, 0.1) is 14.2 Å². The van der Waals surface area contributed by atoms with E-state index in [9.17, 15) is 4.79 Å². The highest BCUT2D eigenvalue weighted by Crippen LogP contribution is 2.00. The minimum absolute atomic E-state index is 0.132. The van der Waals surface area contributed by atoms with Crippen molar-refractivity contribution >= 4 is 17.8 Å². The van der Waals surface area contributed by atoms with Gasteiger partial charge in [0.1, 0.15) is 0 Å². The van der Waals surface area contributed by atoms with Crippen LogP contribution in [0.4, 0.5) is 4.79 Å². The molecule has 0 fully saturated rings. The lowest BCUT2D eigenvalue weighted by molar-refractivity contribution is 0.257. The van der Waals surface area contributed by atoms with Crippen molar-refractivity contribution in [3.63, 3.8) is 0 Å². The first kappa shape index (κ1) is 6.73. The van der Waals surface area contributed by atoms with Crippen LogP contribution in [0.2, 0.25) is 0 Å². The smallest absolute Gasteiger partial charge is 0.373 e. The van der Waals surface area contributed by atoms with Crippen LogP contribution >= 0.6 is 0 Å². The summed E-state index contributed by atoms with van der Waals surface area (Å²) in [6.07, 6.45) is 0. The molecule has 5 nitrogen and oxygen atoms in total. The van der Waals surface area contributed by atoms with Crippen LogP contribution in [0.3, 0.4) is 0 Å². The number of aliphatic imine (C=N–C) groups is 2. The first-order valence-electron chi connectivity index (χ1n) is 2.57. The van der Waals surface area contributed by atoms with Crippen LogP contribution in [0.1, 0.15) is 0 Å². The van der Waals surface area contributed by atoms with Crippen LogP contribution in [-0.2, 0) is 9.47 Å². The average Bonchev–Trinajstić information content (AvgIpc) is 2.30. The molecule has 54 valence electrons. The van der Waals surface area contributed by atoms with Crippen molar-refractivity contribution in [1.82, 2.24) is 0 Å². The minimum atomic E-state index is -0.589. The summed E-state index contributed by atoms with van der Waals surface area (Å²) in [5, 5.41) is 0. The lowest BCUT2D eigenvalue weighted by atomic mass is 10.6. The maximum absolute atomic E-state index is 10.4. The molecule has 1 rings (SSSR count). The first-order chi connectivity index (χ1) is 4.77. The molecule has 0 bridgehead atoms. The van der Waals surface area contributed by atoms with Crippen molar-refractivity contribution in [1.29, 1.82) is 0 Å². The highest BCUT2D eigenvalue weighted by molar-refractivity contribution is 6.41. The second-order valence-electron chi connectivity index (χ2n) is 1.52. The van der Waals surface area contributed by atoms with Gasteiger partial charge in [0, 0.05) is 0 Å².